The number of amides is 1. The lowest BCUT2D eigenvalue weighted by atomic mass is 10.1. The summed E-state index contributed by atoms with van der Waals surface area (Å²) in [6, 6.07) is 7.96. The molecule has 0 radical (unpaired) electrons. The number of carbonyl (C=O) groups excluding carboxylic acids is 1. The first-order chi connectivity index (χ1) is 10.5. The van der Waals surface area contributed by atoms with Crippen molar-refractivity contribution in [3.8, 4) is 5.75 Å². The molecule has 0 atom stereocenters. The number of halogens is 1. The standard InChI is InChI=1S/C17H28N2O3.ClH/c1-17(2,13-18)19-16(20)5-4-11-22-15-8-6-14(7-9-15)10-12-21-3;/h6-9H,4-5,10-13,18H2,1-3H3,(H,19,20);1H. The molecule has 0 saturated heterocycles. The molecule has 0 saturated carbocycles. The van der Waals surface area contributed by atoms with Gasteiger partial charge in [0, 0.05) is 25.6 Å². The molecule has 3 N–H and O–H groups in total. The van der Waals surface area contributed by atoms with Gasteiger partial charge in [-0.3, -0.25) is 4.79 Å². The summed E-state index contributed by atoms with van der Waals surface area (Å²) in [6.45, 7) is 5.48. The third-order valence-corrected chi connectivity index (χ3v) is 3.32. The lowest BCUT2D eigenvalue weighted by Crippen LogP contribution is -2.48. The molecule has 0 unspecified atom stereocenters. The molecule has 1 amide bonds. The average Bonchev–Trinajstić information content (AvgIpc) is 2.50. The maximum absolute atomic E-state index is 11.7. The Kier molecular flexibility index (Phi) is 10.6. The van der Waals surface area contributed by atoms with Crippen molar-refractivity contribution >= 4 is 18.3 Å². The molecule has 23 heavy (non-hydrogen) atoms. The van der Waals surface area contributed by atoms with E-state index in [2.05, 4.69) is 5.32 Å². The van der Waals surface area contributed by atoms with Crippen molar-refractivity contribution in [2.75, 3.05) is 26.9 Å². The van der Waals surface area contributed by atoms with Gasteiger partial charge in [0.25, 0.3) is 0 Å². The maximum atomic E-state index is 11.7. The highest BCUT2D eigenvalue weighted by molar-refractivity contribution is 5.85. The van der Waals surface area contributed by atoms with Gasteiger partial charge >= 0.3 is 0 Å². The molecule has 0 heterocycles. The minimum absolute atomic E-state index is 0. The number of rotatable bonds is 10. The molecule has 0 spiro atoms. The normalized spacial score (nSPS) is 10.8. The fraction of sp³-hybridized carbons (Fsp3) is 0.588. The molecule has 0 bridgehead atoms. The molecule has 0 aliphatic heterocycles. The minimum Gasteiger partial charge on any atom is -0.494 e. The number of methoxy groups -OCH3 is 1. The van der Waals surface area contributed by atoms with Gasteiger partial charge in [-0.1, -0.05) is 12.1 Å². The third kappa shape index (κ3) is 9.43. The van der Waals surface area contributed by atoms with Crippen molar-refractivity contribution in [1.29, 1.82) is 0 Å². The van der Waals surface area contributed by atoms with Gasteiger partial charge in [-0.2, -0.15) is 0 Å². The summed E-state index contributed by atoms with van der Waals surface area (Å²) in [4.78, 5) is 11.7. The van der Waals surface area contributed by atoms with Crippen LogP contribution in [0.5, 0.6) is 5.75 Å². The Morgan fingerprint density at radius 3 is 2.43 bits per heavy atom. The van der Waals surface area contributed by atoms with Gasteiger partial charge in [-0.15, -0.1) is 12.4 Å². The highest BCUT2D eigenvalue weighted by atomic mass is 35.5. The van der Waals surface area contributed by atoms with Gasteiger partial charge in [-0.25, -0.2) is 0 Å². The summed E-state index contributed by atoms with van der Waals surface area (Å²) in [5.41, 5.74) is 6.45. The van der Waals surface area contributed by atoms with Crippen molar-refractivity contribution in [2.45, 2.75) is 38.6 Å². The predicted molar refractivity (Wildman–Crippen MR) is 95.3 cm³/mol. The zero-order chi connectivity index (χ0) is 16.4. The number of benzene rings is 1. The molecule has 6 heteroatoms. The lowest BCUT2D eigenvalue weighted by molar-refractivity contribution is -0.122. The summed E-state index contributed by atoms with van der Waals surface area (Å²) >= 11 is 0. The van der Waals surface area contributed by atoms with Crippen LogP contribution < -0.4 is 15.8 Å². The van der Waals surface area contributed by atoms with E-state index >= 15 is 0 Å². The van der Waals surface area contributed by atoms with E-state index in [0.29, 0.717) is 32.6 Å². The molecule has 1 aromatic rings. The first-order valence-electron chi connectivity index (χ1n) is 7.68. The van der Waals surface area contributed by atoms with Crippen LogP contribution in [0, 0.1) is 0 Å². The van der Waals surface area contributed by atoms with Crippen LogP contribution in [-0.4, -0.2) is 38.3 Å². The second-order valence-electron chi connectivity index (χ2n) is 5.97. The SMILES string of the molecule is COCCc1ccc(OCCCC(=O)NC(C)(C)CN)cc1.Cl. The van der Waals surface area contributed by atoms with Crippen LogP contribution in [0.15, 0.2) is 24.3 Å². The van der Waals surface area contributed by atoms with Crippen LogP contribution >= 0.6 is 12.4 Å². The molecule has 5 nitrogen and oxygen atoms in total. The topological polar surface area (TPSA) is 73.6 Å². The summed E-state index contributed by atoms with van der Waals surface area (Å²) < 4.78 is 10.7. The molecule has 0 aliphatic rings. The number of hydrogen-bond acceptors (Lipinski definition) is 4. The largest absolute Gasteiger partial charge is 0.494 e. The van der Waals surface area contributed by atoms with Gasteiger partial charge in [0.2, 0.25) is 5.91 Å². The Hall–Kier alpha value is -1.30. The molecule has 132 valence electrons. The molecule has 0 aliphatic carbocycles. The van der Waals surface area contributed by atoms with E-state index in [0.717, 1.165) is 12.2 Å². The molecule has 0 fully saturated rings. The smallest absolute Gasteiger partial charge is 0.220 e. The molecule has 0 aromatic heterocycles. The number of nitrogens with one attached hydrogen (secondary N) is 1. The first kappa shape index (κ1) is 21.7. The lowest BCUT2D eigenvalue weighted by Gasteiger charge is -2.24. The zero-order valence-electron chi connectivity index (χ0n) is 14.3. The Morgan fingerprint density at radius 2 is 1.87 bits per heavy atom. The molecule has 1 rings (SSSR count). The van der Waals surface area contributed by atoms with Crippen molar-refractivity contribution in [3.63, 3.8) is 0 Å². The van der Waals surface area contributed by atoms with Gasteiger partial charge in [0.05, 0.1) is 13.2 Å². The van der Waals surface area contributed by atoms with Crippen LogP contribution in [0.2, 0.25) is 0 Å². The average molecular weight is 345 g/mol. The van der Waals surface area contributed by atoms with E-state index < -0.39 is 0 Å². The van der Waals surface area contributed by atoms with Gasteiger partial charge in [-0.05, 0) is 44.4 Å². The summed E-state index contributed by atoms with van der Waals surface area (Å²) in [7, 11) is 1.70. The minimum atomic E-state index is -0.351. The summed E-state index contributed by atoms with van der Waals surface area (Å²) in [5, 5.41) is 2.90. The molecular formula is C17H29ClN2O3. The number of carbonyl (C=O) groups is 1. The molecule has 1 aromatic carbocycles. The second kappa shape index (κ2) is 11.3. The van der Waals surface area contributed by atoms with Crippen molar-refractivity contribution in [1.82, 2.24) is 5.32 Å². The Labute approximate surface area is 145 Å². The zero-order valence-corrected chi connectivity index (χ0v) is 15.1. The van der Waals surface area contributed by atoms with Gasteiger partial charge < -0.3 is 20.5 Å². The number of hydrogen-bond donors (Lipinski definition) is 2. The van der Waals surface area contributed by atoms with E-state index in [9.17, 15) is 4.79 Å². The van der Waals surface area contributed by atoms with Crippen molar-refractivity contribution in [3.05, 3.63) is 29.8 Å². The van der Waals surface area contributed by atoms with Crippen molar-refractivity contribution < 1.29 is 14.3 Å². The number of nitrogens with two attached hydrogens (primary N) is 1. The monoisotopic (exact) mass is 344 g/mol. The van der Waals surface area contributed by atoms with Crippen LogP contribution in [-0.2, 0) is 16.0 Å². The third-order valence-electron chi connectivity index (χ3n) is 3.32. The van der Waals surface area contributed by atoms with E-state index in [1.807, 2.05) is 38.1 Å². The maximum Gasteiger partial charge on any atom is 0.220 e. The van der Waals surface area contributed by atoms with Gasteiger partial charge in [0.1, 0.15) is 5.75 Å². The fourth-order valence-electron chi connectivity index (χ4n) is 1.89. The quantitative estimate of drug-likeness (QED) is 0.639. The van der Waals surface area contributed by atoms with Crippen LogP contribution in [0.3, 0.4) is 0 Å². The van der Waals surface area contributed by atoms with Gasteiger partial charge in [0.15, 0.2) is 0 Å². The van der Waals surface area contributed by atoms with E-state index in [1.165, 1.54) is 5.56 Å². The Balaban J connectivity index is 0.00000484. The van der Waals surface area contributed by atoms with Crippen molar-refractivity contribution in [2.24, 2.45) is 5.73 Å². The van der Waals surface area contributed by atoms with Crippen LogP contribution in [0.4, 0.5) is 0 Å². The predicted octanol–water partition coefficient (Wildman–Crippen LogP) is 2.31. The Morgan fingerprint density at radius 1 is 1.22 bits per heavy atom. The summed E-state index contributed by atoms with van der Waals surface area (Å²) in [6.07, 6.45) is 2.02. The van der Waals surface area contributed by atoms with E-state index in [4.69, 9.17) is 15.2 Å². The number of ether oxygens (including phenoxy) is 2. The highest BCUT2D eigenvalue weighted by Crippen LogP contribution is 2.13. The van der Waals surface area contributed by atoms with Crippen LogP contribution in [0.1, 0.15) is 32.3 Å². The fourth-order valence-corrected chi connectivity index (χ4v) is 1.89. The summed E-state index contributed by atoms with van der Waals surface area (Å²) in [5.74, 6) is 0.831. The Bertz CT molecular complexity index is 450. The van der Waals surface area contributed by atoms with E-state index in [-0.39, 0.29) is 23.9 Å². The second-order valence-corrected chi connectivity index (χ2v) is 5.97. The molecular weight excluding hydrogens is 316 g/mol. The highest BCUT2D eigenvalue weighted by Gasteiger charge is 2.17. The van der Waals surface area contributed by atoms with Crippen LogP contribution in [0.25, 0.3) is 0 Å². The van der Waals surface area contributed by atoms with E-state index in [1.54, 1.807) is 7.11 Å². The first-order valence-corrected chi connectivity index (χ1v) is 7.68.